The Kier molecular flexibility index (Phi) is 3.38. The molecule has 0 bridgehead atoms. The molecule has 0 saturated carbocycles. The molecule has 1 saturated heterocycles. The number of rotatable bonds is 3. The highest BCUT2D eigenvalue weighted by molar-refractivity contribution is 8.00. The van der Waals surface area contributed by atoms with Crippen LogP contribution in [0.5, 0.6) is 5.75 Å². The van der Waals surface area contributed by atoms with Crippen molar-refractivity contribution in [3.8, 4) is 5.75 Å². The quantitative estimate of drug-likeness (QED) is 0.768. The Balaban J connectivity index is 2.11. The summed E-state index contributed by atoms with van der Waals surface area (Å²) in [6.45, 7) is 2.18. The van der Waals surface area contributed by atoms with Crippen molar-refractivity contribution >= 4 is 17.4 Å². The van der Waals surface area contributed by atoms with Gasteiger partial charge in [0.25, 0.3) is 0 Å². The third-order valence-corrected chi connectivity index (χ3v) is 3.87. The van der Waals surface area contributed by atoms with Gasteiger partial charge in [0.1, 0.15) is 5.75 Å². The van der Waals surface area contributed by atoms with E-state index in [1.54, 1.807) is 7.11 Å². The average Bonchev–Trinajstić information content (AvgIpc) is 2.74. The first-order valence-electron chi connectivity index (χ1n) is 5.10. The van der Waals surface area contributed by atoms with Crippen molar-refractivity contribution in [2.75, 3.05) is 25.9 Å². The van der Waals surface area contributed by atoms with Gasteiger partial charge in [-0.15, -0.1) is 11.8 Å². The Labute approximate surface area is 94.4 Å². The highest BCUT2D eigenvalue weighted by Crippen LogP contribution is 2.33. The van der Waals surface area contributed by atoms with Crippen LogP contribution in [0.1, 0.15) is 6.42 Å². The van der Waals surface area contributed by atoms with Crippen molar-refractivity contribution in [3.63, 3.8) is 0 Å². The summed E-state index contributed by atoms with van der Waals surface area (Å²) >= 11 is 1.84. The zero-order valence-electron chi connectivity index (χ0n) is 8.82. The van der Waals surface area contributed by atoms with Gasteiger partial charge in [-0.2, -0.15) is 0 Å². The van der Waals surface area contributed by atoms with Crippen molar-refractivity contribution in [2.24, 2.45) is 0 Å². The van der Waals surface area contributed by atoms with Gasteiger partial charge in [-0.25, -0.2) is 0 Å². The number of hydrogen-bond acceptors (Lipinski definition) is 4. The molecule has 1 aromatic rings. The second-order valence-corrected chi connectivity index (χ2v) is 4.98. The van der Waals surface area contributed by atoms with E-state index in [1.807, 2.05) is 30.0 Å². The van der Waals surface area contributed by atoms with E-state index < -0.39 is 0 Å². The number of methoxy groups -OCH3 is 1. The predicted molar refractivity (Wildman–Crippen MR) is 64.5 cm³/mol. The van der Waals surface area contributed by atoms with E-state index in [4.69, 9.17) is 10.5 Å². The van der Waals surface area contributed by atoms with E-state index in [2.05, 4.69) is 5.32 Å². The van der Waals surface area contributed by atoms with Crippen molar-refractivity contribution in [1.82, 2.24) is 5.32 Å². The van der Waals surface area contributed by atoms with E-state index in [1.165, 1.54) is 6.42 Å². The van der Waals surface area contributed by atoms with Gasteiger partial charge in [0, 0.05) is 22.4 Å². The molecule has 0 radical (unpaired) electrons. The summed E-state index contributed by atoms with van der Waals surface area (Å²) in [7, 11) is 1.68. The van der Waals surface area contributed by atoms with Crippen LogP contribution >= 0.6 is 11.8 Å². The maximum absolute atomic E-state index is 5.93. The largest absolute Gasteiger partial charge is 0.497 e. The minimum Gasteiger partial charge on any atom is -0.497 e. The van der Waals surface area contributed by atoms with Crippen LogP contribution in [-0.4, -0.2) is 25.4 Å². The molecule has 4 heteroatoms. The van der Waals surface area contributed by atoms with E-state index in [-0.39, 0.29) is 0 Å². The van der Waals surface area contributed by atoms with Crippen molar-refractivity contribution < 1.29 is 4.74 Å². The van der Waals surface area contributed by atoms with Gasteiger partial charge in [-0.3, -0.25) is 0 Å². The Bertz CT molecular complexity index is 337. The lowest BCUT2D eigenvalue weighted by molar-refractivity contribution is 0.414. The minimum atomic E-state index is 0.638. The van der Waals surface area contributed by atoms with Crippen LogP contribution in [0.3, 0.4) is 0 Å². The topological polar surface area (TPSA) is 47.3 Å². The Morgan fingerprint density at radius 2 is 2.40 bits per heavy atom. The molecule has 3 nitrogen and oxygen atoms in total. The van der Waals surface area contributed by atoms with Crippen LogP contribution in [0, 0.1) is 0 Å². The molecular weight excluding hydrogens is 208 g/mol. The van der Waals surface area contributed by atoms with Crippen LogP contribution in [0.2, 0.25) is 0 Å². The number of nitrogen functional groups attached to an aromatic ring is 1. The molecule has 15 heavy (non-hydrogen) atoms. The summed E-state index contributed by atoms with van der Waals surface area (Å²) in [5.74, 6) is 0.873. The number of ether oxygens (including phenoxy) is 1. The number of benzene rings is 1. The highest BCUT2D eigenvalue weighted by Gasteiger charge is 2.16. The van der Waals surface area contributed by atoms with Gasteiger partial charge in [0.2, 0.25) is 0 Å². The first kappa shape index (κ1) is 10.6. The van der Waals surface area contributed by atoms with Gasteiger partial charge in [-0.05, 0) is 31.2 Å². The van der Waals surface area contributed by atoms with Gasteiger partial charge in [0.05, 0.1) is 7.11 Å². The average molecular weight is 224 g/mol. The van der Waals surface area contributed by atoms with Crippen LogP contribution in [0.25, 0.3) is 0 Å². The van der Waals surface area contributed by atoms with Crippen molar-refractivity contribution in [1.29, 1.82) is 0 Å². The Morgan fingerprint density at radius 1 is 1.53 bits per heavy atom. The summed E-state index contributed by atoms with van der Waals surface area (Å²) in [4.78, 5) is 1.13. The number of nitrogens with one attached hydrogen (secondary N) is 1. The molecule has 0 aliphatic carbocycles. The fourth-order valence-corrected chi connectivity index (χ4v) is 2.84. The maximum atomic E-state index is 5.93. The zero-order chi connectivity index (χ0) is 10.7. The zero-order valence-corrected chi connectivity index (χ0v) is 9.64. The van der Waals surface area contributed by atoms with Gasteiger partial charge in [-0.1, -0.05) is 0 Å². The van der Waals surface area contributed by atoms with Crippen LogP contribution < -0.4 is 15.8 Å². The summed E-state index contributed by atoms with van der Waals surface area (Å²) < 4.78 is 5.19. The van der Waals surface area contributed by atoms with E-state index in [0.29, 0.717) is 5.25 Å². The number of nitrogens with two attached hydrogens (primary N) is 1. The second-order valence-electron chi connectivity index (χ2n) is 3.64. The number of hydrogen-bond donors (Lipinski definition) is 2. The highest BCUT2D eigenvalue weighted by atomic mass is 32.2. The summed E-state index contributed by atoms with van der Waals surface area (Å²) in [6, 6.07) is 5.81. The lowest BCUT2D eigenvalue weighted by Gasteiger charge is -2.11. The lowest BCUT2D eigenvalue weighted by Crippen LogP contribution is -2.10. The van der Waals surface area contributed by atoms with Crippen molar-refractivity contribution in [2.45, 2.75) is 16.6 Å². The fourth-order valence-electron chi connectivity index (χ4n) is 1.65. The molecule has 1 aliphatic heterocycles. The lowest BCUT2D eigenvalue weighted by atomic mass is 10.3. The van der Waals surface area contributed by atoms with E-state index >= 15 is 0 Å². The van der Waals surface area contributed by atoms with E-state index in [0.717, 1.165) is 29.4 Å². The third-order valence-electron chi connectivity index (χ3n) is 2.53. The molecule has 0 aromatic heterocycles. The predicted octanol–water partition coefficient (Wildman–Crippen LogP) is 1.73. The fraction of sp³-hybridized carbons (Fsp3) is 0.455. The smallest absolute Gasteiger partial charge is 0.120 e. The molecular formula is C11H16N2OS. The van der Waals surface area contributed by atoms with Gasteiger partial charge >= 0.3 is 0 Å². The Hall–Kier alpha value is -0.870. The monoisotopic (exact) mass is 224 g/mol. The first-order chi connectivity index (χ1) is 7.29. The first-order valence-corrected chi connectivity index (χ1v) is 5.98. The molecule has 1 heterocycles. The molecule has 1 fully saturated rings. The summed E-state index contributed by atoms with van der Waals surface area (Å²) in [5, 5.41) is 3.99. The second kappa shape index (κ2) is 4.77. The maximum Gasteiger partial charge on any atom is 0.120 e. The molecule has 2 rings (SSSR count). The van der Waals surface area contributed by atoms with Gasteiger partial charge in [0.15, 0.2) is 0 Å². The minimum absolute atomic E-state index is 0.638. The third kappa shape index (κ3) is 2.58. The SMILES string of the molecule is COc1ccc(N)c(SC2CCNC2)c1. The normalized spacial score (nSPS) is 20.5. The van der Waals surface area contributed by atoms with Crippen LogP contribution in [0.4, 0.5) is 5.69 Å². The number of thioether (sulfide) groups is 1. The molecule has 3 N–H and O–H groups in total. The Morgan fingerprint density at radius 3 is 3.07 bits per heavy atom. The molecule has 1 atom stereocenters. The van der Waals surface area contributed by atoms with Crippen molar-refractivity contribution in [3.05, 3.63) is 18.2 Å². The summed E-state index contributed by atoms with van der Waals surface area (Å²) in [6.07, 6.45) is 1.21. The molecule has 0 amide bonds. The summed E-state index contributed by atoms with van der Waals surface area (Å²) in [5.41, 5.74) is 6.77. The number of anilines is 1. The van der Waals surface area contributed by atoms with Crippen LogP contribution in [-0.2, 0) is 0 Å². The molecule has 1 unspecified atom stereocenters. The van der Waals surface area contributed by atoms with Crippen LogP contribution in [0.15, 0.2) is 23.1 Å². The molecule has 1 aromatic carbocycles. The van der Waals surface area contributed by atoms with Gasteiger partial charge < -0.3 is 15.8 Å². The molecule has 82 valence electrons. The molecule has 0 spiro atoms. The standard InChI is InChI=1S/C11H16N2OS/c1-14-8-2-3-10(12)11(6-8)15-9-4-5-13-7-9/h2-3,6,9,13H,4-5,7,12H2,1H3. The van der Waals surface area contributed by atoms with E-state index in [9.17, 15) is 0 Å². The molecule has 1 aliphatic rings.